The van der Waals surface area contributed by atoms with Gasteiger partial charge in [0, 0.05) is 6.04 Å². The van der Waals surface area contributed by atoms with Crippen LogP contribution in [0.1, 0.15) is 53.4 Å². The van der Waals surface area contributed by atoms with Gasteiger partial charge < -0.3 is 10.1 Å². The molecule has 0 rings (SSSR count). The van der Waals surface area contributed by atoms with Crippen LogP contribution in [0.3, 0.4) is 0 Å². The monoisotopic (exact) mass is 229 g/mol. The lowest BCUT2D eigenvalue weighted by Gasteiger charge is -2.24. The van der Waals surface area contributed by atoms with Gasteiger partial charge in [-0.1, -0.05) is 40.0 Å². The fourth-order valence-corrected chi connectivity index (χ4v) is 1.75. The first kappa shape index (κ1) is 15.4. The number of methoxy groups -OCH3 is 1. The second kappa shape index (κ2) is 8.57. The molecule has 0 saturated heterocycles. The largest absolute Gasteiger partial charge is 0.468 e. The zero-order valence-electron chi connectivity index (χ0n) is 11.4. The van der Waals surface area contributed by atoms with E-state index in [9.17, 15) is 4.79 Å². The van der Waals surface area contributed by atoms with Crippen molar-refractivity contribution < 1.29 is 9.53 Å². The smallest absolute Gasteiger partial charge is 0.323 e. The van der Waals surface area contributed by atoms with Crippen molar-refractivity contribution in [3.63, 3.8) is 0 Å². The summed E-state index contributed by atoms with van der Waals surface area (Å²) in [5, 5.41) is 3.35. The molecular weight excluding hydrogens is 202 g/mol. The van der Waals surface area contributed by atoms with Crippen LogP contribution in [0.25, 0.3) is 0 Å². The minimum Gasteiger partial charge on any atom is -0.468 e. The molecule has 0 saturated carbocycles. The molecule has 0 aliphatic heterocycles. The van der Waals surface area contributed by atoms with E-state index in [1.54, 1.807) is 0 Å². The van der Waals surface area contributed by atoms with Crippen molar-refractivity contribution in [1.29, 1.82) is 0 Å². The van der Waals surface area contributed by atoms with Gasteiger partial charge in [0.05, 0.1) is 7.11 Å². The predicted molar refractivity (Wildman–Crippen MR) is 67.4 cm³/mol. The number of esters is 1. The highest BCUT2D eigenvalue weighted by molar-refractivity contribution is 5.75. The maximum Gasteiger partial charge on any atom is 0.323 e. The molecule has 3 heteroatoms. The number of hydrogen-bond acceptors (Lipinski definition) is 3. The van der Waals surface area contributed by atoms with Gasteiger partial charge >= 0.3 is 5.97 Å². The maximum atomic E-state index is 11.5. The van der Waals surface area contributed by atoms with E-state index in [0.717, 1.165) is 6.42 Å². The van der Waals surface area contributed by atoms with Gasteiger partial charge in [0.15, 0.2) is 0 Å². The van der Waals surface area contributed by atoms with Crippen LogP contribution in [-0.2, 0) is 9.53 Å². The number of unbranched alkanes of at least 4 members (excludes halogenated alkanes) is 2. The fourth-order valence-electron chi connectivity index (χ4n) is 1.75. The molecule has 1 N–H and O–H groups in total. The van der Waals surface area contributed by atoms with E-state index in [-0.39, 0.29) is 17.9 Å². The Morgan fingerprint density at radius 1 is 1.25 bits per heavy atom. The SMILES string of the molecule is CCCCCC(C)N[C@H](C(=O)OC)C(C)C. The van der Waals surface area contributed by atoms with Crippen LogP contribution in [0.15, 0.2) is 0 Å². The molecule has 3 nitrogen and oxygen atoms in total. The summed E-state index contributed by atoms with van der Waals surface area (Å²) in [6, 6.07) is 0.194. The number of ether oxygens (including phenoxy) is 1. The molecule has 1 unspecified atom stereocenters. The summed E-state index contributed by atoms with van der Waals surface area (Å²) in [5.74, 6) is 0.110. The zero-order chi connectivity index (χ0) is 12.6. The number of rotatable bonds is 8. The van der Waals surface area contributed by atoms with Gasteiger partial charge in [-0.2, -0.15) is 0 Å². The highest BCUT2D eigenvalue weighted by Crippen LogP contribution is 2.08. The Labute approximate surface area is 99.9 Å². The summed E-state index contributed by atoms with van der Waals surface area (Å²) in [6.07, 6.45) is 4.83. The molecule has 0 aromatic carbocycles. The standard InChI is InChI=1S/C13H27NO2/c1-6-7-8-9-11(4)14-12(10(2)3)13(15)16-5/h10-12,14H,6-9H2,1-5H3/t11?,12-/m0/s1. The van der Waals surface area contributed by atoms with Crippen LogP contribution in [-0.4, -0.2) is 25.2 Å². The van der Waals surface area contributed by atoms with Crippen LogP contribution >= 0.6 is 0 Å². The molecule has 0 radical (unpaired) electrons. The molecule has 0 fully saturated rings. The minimum atomic E-state index is -0.179. The number of carbonyl (C=O) groups excluding carboxylic acids is 1. The van der Waals surface area contributed by atoms with Crippen molar-refractivity contribution >= 4 is 5.97 Å². The van der Waals surface area contributed by atoms with Crippen molar-refractivity contribution in [2.24, 2.45) is 5.92 Å². The van der Waals surface area contributed by atoms with Crippen LogP contribution < -0.4 is 5.32 Å². The number of hydrogen-bond donors (Lipinski definition) is 1. The van der Waals surface area contributed by atoms with Crippen LogP contribution in [0.2, 0.25) is 0 Å². The third-order valence-corrected chi connectivity index (χ3v) is 2.83. The van der Waals surface area contributed by atoms with E-state index in [1.165, 1.54) is 26.4 Å². The topological polar surface area (TPSA) is 38.3 Å². The molecular formula is C13H27NO2. The Kier molecular flexibility index (Phi) is 8.26. The van der Waals surface area contributed by atoms with Crippen molar-refractivity contribution in [1.82, 2.24) is 5.32 Å². The molecule has 0 heterocycles. The van der Waals surface area contributed by atoms with Gasteiger partial charge in [0.25, 0.3) is 0 Å². The third kappa shape index (κ3) is 6.11. The molecule has 0 spiro atoms. The van der Waals surface area contributed by atoms with Crippen molar-refractivity contribution in [3.8, 4) is 0 Å². The quantitative estimate of drug-likeness (QED) is 0.514. The van der Waals surface area contributed by atoms with E-state index >= 15 is 0 Å². The first-order chi connectivity index (χ1) is 7.52. The van der Waals surface area contributed by atoms with Crippen LogP contribution in [0, 0.1) is 5.92 Å². The zero-order valence-corrected chi connectivity index (χ0v) is 11.4. The average Bonchev–Trinajstić information content (AvgIpc) is 2.25. The third-order valence-electron chi connectivity index (χ3n) is 2.83. The molecule has 16 heavy (non-hydrogen) atoms. The average molecular weight is 229 g/mol. The Balaban J connectivity index is 4.03. The van der Waals surface area contributed by atoms with Gasteiger partial charge in [-0.3, -0.25) is 4.79 Å². The highest BCUT2D eigenvalue weighted by atomic mass is 16.5. The fraction of sp³-hybridized carbons (Fsp3) is 0.923. The molecule has 0 bridgehead atoms. The molecule has 96 valence electrons. The molecule has 0 aliphatic carbocycles. The van der Waals surface area contributed by atoms with Crippen molar-refractivity contribution in [3.05, 3.63) is 0 Å². The van der Waals surface area contributed by atoms with Crippen LogP contribution in [0.4, 0.5) is 0 Å². The number of carbonyl (C=O) groups is 1. The predicted octanol–water partition coefficient (Wildman–Crippen LogP) is 2.74. The number of nitrogens with one attached hydrogen (secondary N) is 1. The van der Waals surface area contributed by atoms with E-state index in [0.29, 0.717) is 6.04 Å². The molecule has 0 aromatic heterocycles. The van der Waals surface area contributed by atoms with Crippen molar-refractivity contribution in [2.45, 2.75) is 65.5 Å². The lowest BCUT2D eigenvalue weighted by molar-refractivity contribution is -0.144. The summed E-state index contributed by atoms with van der Waals surface area (Å²) in [6.45, 7) is 8.40. The van der Waals surface area contributed by atoms with Gasteiger partial charge in [0.1, 0.15) is 6.04 Å². The van der Waals surface area contributed by atoms with E-state index < -0.39 is 0 Å². The normalized spacial score (nSPS) is 14.9. The Hall–Kier alpha value is -0.570. The maximum absolute atomic E-state index is 11.5. The van der Waals surface area contributed by atoms with Crippen LogP contribution in [0.5, 0.6) is 0 Å². The second-order valence-corrected chi connectivity index (χ2v) is 4.81. The van der Waals surface area contributed by atoms with Gasteiger partial charge in [-0.05, 0) is 19.3 Å². The van der Waals surface area contributed by atoms with Gasteiger partial charge in [-0.15, -0.1) is 0 Å². The van der Waals surface area contributed by atoms with Gasteiger partial charge in [0.2, 0.25) is 0 Å². The molecule has 0 aromatic rings. The summed E-state index contributed by atoms with van der Waals surface area (Å²) in [5.41, 5.74) is 0. The second-order valence-electron chi connectivity index (χ2n) is 4.81. The van der Waals surface area contributed by atoms with E-state index in [1.807, 2.05) is 13.8 Å². The lowest BCUT2D eigenvalue weighted by atomic mass is 10.0. The minimum absolute atomic E-state index is 0.155. The Morgan fingerprint density at radius 2 is 1.88 bits per heavy atom. The first-order valence-corrected chi connectivity index (χ1v) is 6.36. The Morgan fingerprint density at radius 3 is 2.31 bits per heavy atom. The molecule has 2 atom stereocenters. The highest BCUT2D eigenvalue weighted by Gasteiger charge is 2.23. The Bertz CT molecular complexity index is 192. The van der Waals surface area contributed by atoms with E-state index in [4.69, 9.17) is 4.74 Å². The van der Waals surface area contributed by atoms with Crippen molar-refractivity contribution in [2.75, 3.05) is 7.11 Å². The lowest BCUT2D eigenvalue weighted by Crippen LogP contribution is -2.46. The molecule has 0 amide bonds. The molecule has 0 aliphatic rings. The first-order valence-electron chi connectivity index (χ1n) is 6.36. The summed E-state index contributed by atoms with van der Waals surface area (Å²) >= 11 is 0. The van der Waals surface area contributed by atoms with E-state index in [2.05, 4.69) is 19.2 Å². The summed E-state index contributed by atoms with van der Waals surface area (Å²) in [7, 11) is 1.45. The summed E-state index contributed by atoms with van der Waals surface area (Å²) < 4.78 is 4.80. The van der Waals surface area contributed by atoms with Gasteiger partial charge in [-0.25, -0.2) is 0 Å². The summed E-state index contributed by atoms with van der Waals surface area (Å²) in [4.78, 5) is 11.5.